The number of hydrogen-bond acceptors (Lipinski definition) is 1. The highest BCUT2D eigenvalue weighted by molar-refractivity contribution is 5.81. The van der Waals surface area contributed by atoms with Gasteiger partial charge in [-0.3, -0.25) is 4.79 Å². The Morgan fingerprint density at radius 2 is 1.86 bits per heavy atom. The second kappa shape index (κ2) is 4.37. The molecule has 0 spiro atoms. The molecule has 0 heterocycles. The summed E-state index contributed by atoms with van der Waals surface area (Å²) in [6, 6.07) is 0. The van der Waals surface area contributed by atoms with Crippen molar-refractivity contribution in [3.8, 4) is 0 Å². The van der Waals surface area contributed by atoms with Gasteiger partial charge in [0.25, 0.3) is 0 Å². The van der Waals surface area contributed by atoms with Gasteiger partial charge in [0.2, 0.25) is 5.92 Å². The van der Waals surface area contributed by atoms with Crippen LogP contribution in [0.4, 0.5) is 8.78 Å². The first-order chi connectivity index (χ1) is 6.41. The maximum Gasteiger partial charge on any atom is 0.248 e. The Kier molecular flexibility index (Phi) is 3.62. The molecule has 1 rings (SSSR count). The Morgan fingerprint density at radius 1 is 1.36 bits per heavy atom. The van der Waals surface area contributed by atoms with E-state index in [0.29, 0.717) is 25.2 Å². The van der Waals surface area contributed by atoms with Crippen molar-refractivity contribution in [3.05, 3.63) is 0 Å². The van der Waals surface area contributed by atoms with Gasteiger partial charge in [-0.05, 0) is 18.8 Å². The topological polar surface area (TPSA) is 17.1 Å². The third kappa shape index (κ3) is 3.35. The number of rotatable bonds is 3. The van der Waals surface area contributed by atoms with Crippen molar-refractivity contribution in [2.45, 2.75) is 51.9 Å². The van der Waals surface area contributed by atoms with Crippen molar-refractivity contribution in [1.29, 1.82) is 0 Å². The van der Waals surface area contributed by atoms with Crippen LogP contribution in [0.25, 0.3) is 0 Å². The normalized spacial score (nSPS) is 22.6. The summed E-state index contributed by atoms with van der Waals surface area (Å²) in [6.45, 7) is 3.96. The largest absolute Gasteiger partial charge is 0.299 e. The summed E-state index contributed by atoms with van der Waals surface area (Å²) in [6.07, 6.45) is 1.07. The van der Waals surface area contributed by atoms with Crippen molar-refractivity contribution in [1.82, 2.24) is 0 Å². The molecule has 14 heavy (non-hydrogen) atoms. The van der Waals surface area contributed by atoms with Gasteiger partial charge < -0.3 is 0 Å². The fourth-order valence-corrected chi connectivity index (χ4v) is 1.93. The molecule has 1 aliphatic carbocycles. The zero-order valence-corrected chi connectivity index (χ0v) is 8.85. The van der Waals surface area contributed by atoms with Gasteiger partial charge >= 0.3 is 0 Å². The first-order valence-electron chi connectivity index (χ1n) is 5.31. The Hall–Kier alpha value is -0.470. The van der Waals surface area contributed by atoms with Gasteiger partial charge in [-0.2, -0.15) is 0 Å². The van der Waals surface area contributed by atoms with E-state index >= 15 is 0 Å². The predicted octanol–water partition coefficient (Wildman–Crippen LogP) is 3.43. The molecule has 1 nitrogen and oxygen atoms in total. The zero-order valence-electron chi connectivity index (χ0n) is 8.85. The average Bonchev–Trinajstić information content (AvgIpc) is 2.02. The Labute approximate surface area is 83.9 Å². The number of halogens is 2. The molecule has 0 radical (unpaired) electrons. The van der Waals surface area contributed by atoms with E-state index in [4.69, 9.17) is 0 Å². The number of hydrogen-bond donors (Lipinski definition) is 0. The third-order valence-corrected chi connectivity index (χ3v) is 2.78. The molecular weight excluding hydrogens is 186 g/mol. The summed E-state index contributed by atoms with van der Waals surface area (Å²) in [5.74, 6) is -2.10. The summed E-state index contributed by atoms with van der Waals surface area (Å²) in [5, 5.41) is 0. The molecule has 0 N–H and O–H groups in total. The standard InChI is InChI=1S/C11H18F2O/c1-8(2)7-10(14)9-3-5-11(12,13)6-4-9/h8-9H,3-7H2,1-2H3. The number of Topliss-reactive ketones (excluding diaryl/α,β-unsaturated/α-hetero) is 1. The van der Waals surface area contributed by atoms with E-state index in [1.54, 1.807) is 0 Å². The van der Waals surface area contributed by atoms with Crippen LogP contribution in [0.3, 0.4) is 0 Å². The van der Waals surface area contributed by atoms with Crippen LogP contribution in [0.1, 0.15) is 46.0 Å². The van der Waals surface area contributed by atoms with E-state index in [-0.39, 0.29) is 24.5 Å². The third-order valence-electron chi connectivity index (χ3n) is 2.78. The minimum absolute atomic E-state index is 0.1000. The lowest BCUT2D eigenvalue weighted by Gasteiger charge is -2.27. The molecule has 0 aliphatic heterocycles. The summed E-state index contributed by atoms with van der Waals surface area (Å²) in [5.41, 5.74) is 0. The molecular formula is C11H18F2O. The van der Waals surface area contributed by atoms with Crippen LogP contribution >= 0.6 is 0 Å². The van der Waals surface area contributed by atoms with Gasteiger partial charge in [-0.15, -0.1) is 0 Å². The molecule has 0 atom stereocenters. The van der Waals surface area contributed by atoms with Crippen molar-refractivity contribution in [3.63, 3.8) is 0 Å². The fourth-order valence-electron chi connectivity index (χ4n) is 1.93. The summed E-state index contributed by atoms with van der Waals surface area (Å²) in [4.78, 5) is 11.6. The zero-order chi connectivity index (χ0) is 10.8. The van der Waals surface area contributed by atoms with E-state index in [2.05, 4.69) is 0 Å². The molecule has 0 bridgehead atoms. The van der Waals surface area contributed by atoms with Crippen LogP contribution in [0.2, 0.25) is 0 Å². The number of carbonyl (C=O) groups is 1. The number of carbonyl (C=O) groups excluding carboxylic acids is 1. The molecule has 3 heteroatoms. The van der Waals surface area contributed by atoms with Gasteiger partial charge in [-0.25, -0.2) is 8.78 Å². The quantitative estimate of drug-likeness (QED) is 0.688. The van der Waals surface area contributed by atoms with Gasteiger partial charge in [-0.1, -0.05) is 13.8 Å². The number of alkyl halides is 2. The van der Waals surface area contributed by atoms with Crippen LogP contribution in [-0.4, -0.2) is 11.7 Å². The molecule has 0 unspecified atom stereocenters. The van der Waals surface area contributed by atoms with Gasteiger partial charge in [0.1, 0.15) is 5.78 Å². The minimum Gasteiger partial charge on any atom is -0.299 e. The second-order valence-electron chi connectivity index (χ2n) is 4.69. The van der Waals surface area contributed by atoms with Crippen molar-refractivity contribution in [2.75, 3.05) is 0 Å². The molecule has 0 aromatic carbocycles. The van der Waals surface area contributed by atoms with Gasteiger partial charge in [0.15, 0.2) is 0 Å². The number of ketones is 1. The first-order valence-corrected chi connectivity index (χ1v) is 5.31. The highest BCUT2D eigenvalue weighted by atomic mass is 19.3. The highest BCUT2D eigenvalue weighted by Gasteiger charge is 2.37. The summed E-state index contributed by atoms with van der Waals surface area (Å²) < 4.78 is 25.6. The lowest BCUT2D eigenvalue weighted by molar-refractivity contribution is -0.127. The van der Waals surface area contributed by atoms with E-state index in [1.165, 1.54) is 0 Å². The van der Waals surface area contributed by atoms with E-state index in [1.807, 2.05) is 13.8 Å². The Bertz CT molecular complexity index is 201. The summed E-state index contributed by atoms with van der Waals surface area (Å²) in [7, 11) is 0. The molecule has 1 fully saturated rings. The highest BCUT2D eigenvalue weighted by Crippen LogP contribution is 2.37. The van der Waals surface area contributed by atoms with Gasteiger partial charge in [0.05, 0.1) is 0 Å². The van der Waals surface area contributed by atoms with Crippen LogP contribution in [-0.2, 0) is 4.79 Å². The smallest absolute Gasteiger partial charge is 0.248 e. The molecule has 1 saturated carbocycles. The molecule has 0 saturated heterocycles. The second-order valence-corrected chi connectivity index (χ2v) is 4.69. The Balaban J connectivity index is 2.38. The summed E-state index contributed by atoms with van der Waals surface area (Å²) >= 11 is 0. The molecule has 82 valence electrons. The average molecular weight is 204 g/mol. The maximum absolute atomic E-state index is 12.8. The SMILES string of the molecule is CC(C)CC(=O)C1CCC(F)(F)CC1. The molecule has 0 aromatic rings. The monoisotopic (exact) mass is 204 g/mol. The first kappa shape index (κ1) is 11.6. The lowest BCUT2D eigenvalue weighted by atomic mass is 9.82. The van der Waals surface area contributed by atoms with Crippen LogP contribution in [0.15, 0.2) is 0 Å². The van der Waals surface area contributed by atoms with E-state index in [0.717, 1.165) is 0 Å². The van der Waals surface area contributed by atoms with Crippen molar-refractivity contribution in [2.24, 2.45) is 11.8 Å². The van der Waals surface area contributed by atoms with Crippen LogP contribution in [0.5, 0.6) is 0 Å². The molecule has 0 aromatic heterocycles. The van der Waals surface area contributed by atoms with E-state index < -0.39 is 5.92 Å². The predicted molar refractivity (Wildman–Crippen MR) is 51.4 cm³/mol. The van der Waals surface area contributed by atoms with Crippen molar-refractivity contribution >= 4 is 5.78 Å². The fraction of sp³-hybridized carbons (Fsp3) is 0.909. The molecule has 1 aliphatic rings. The van der Waals surface area contributed by atoms with Crippen LogP contribution < -0.4 is 0 Å². The lowest BCUT2D eigenvalue weighted by Crippen LogP contribution is -2.29. The van der Waals surface area contributed by atoms with Crippen molar-refractivity contribution < 1.29 is 13.6 Å². The van der Waals surface area contributed by atoms with Gasteiger partial charge in [0, 0.05) is 25.2 Å². The maximum atomic E-state index is 12.8. The Morgan fingerprint density at radius 3 is 2.29 bits per heavy atom. The van der Waals surface area contributed by atoms with Crippen LogP contribution in [0, 0.1) is 11.8 Å². The van der Waals surface area contributed by atoms with E-state index in [9.17, 15) is 13.6 Å². The minimum atomic E-state index is -2.52. The molecule has 0 amide bonds.